The van der Waals surface area contributed by atoms with Gasteiger partial charge < -0.3 is 5.32 Å². The SMILES string of the molecule is O=C(Nc1cccc([N+](=O)[O-])c1)c1csnn1. The molecule has 2 aromatic rings. The van der Waals surface area contributed by atoms with Crippen LogP contribution < -0.4 is 5.32 Å². The van der Waals surface area contributed by atoms with Crippen molar-refractivity contribution in [3.05, 3.63) is 45.5 Å². The number of benzene rings is 1. The highest BCUT2D eigenvalue weighted by Gasteiger charge is 2.11. The van der Waals surface area contributed by atoms with Crippen molar-refractivity contribution in [3.63, 3.8) is 0 Å². The molecule has 17 heavy (non-hydrogen) atoms. The first-order valence-electron chi connectivity index (χ1n) is 4.49. The van der Waals surface area contributed by atoms with E-state index in [1.807, 2.05) is 0 Å². The summed E-state index contributed by atoms with van der Waals surface area (Å²) in [6.45, 7) is 0. The first kappa shape index (κ1) is 11.1. The molecule has 0 saturated carbocycles. The number of amides is 1. The highest BCUT2D eigenvalue weighted by atomic mass is 32.1. The number of carbonyl (C=O) groups excluding carboxylic acids is 1. The summed E-state index contributed by atoms with van der Waals surface area (Å²) in [5.74, 6) is -0.445. The minimum Gasteiger partial charge on any atom is -0.320 e. The third-order valence-electron chi connectivity index (χ3n) is 1.91. The van der Waals surface area contributed by atoms with Gasteiger partial charge in [-0.15, -0.1) is 5.10 Å². The molecule has 2 rings (SSSR count). The Hall–Kier alpha value is -2.35. The summed E-state index contributed by atoms with van der Waals surface area (Å²) in [6.07, 6.45) is 0. The summed E-state index contributed by atoms with van der Waals surface area (Å²) >= 11 is 1.06. The molecule has 0 bridgehead atoms. The van der Waals surface area contributed by atoms with Crippen LogP contribution in [-0.4, -0.2) is 20.4 Å². The number of non-ortho nitro benzene ring substituents is 1. The van der Waals surface area contributed by atoms with Crippen LogP contribution in [0.4, 0.5) is 11.4 Å². The second-order valence-electron chi connectivity index (χ2n) is 3.05. The molecule has 1 N–H and O–H groups in total. The van der Waals surface area contributed by atoms with Crippen molar-refractivity contribution in [2.75, 3.05) is 5.32 Å². The Morgan fingerprint density at radius 2 is 2.29 bits per heavy atom. The van der Waals surface area contributed by atoms with Crippen molar-refractivity contribution in [2.45, 2.75) is 0 Å². The van der Waals surface area contributed by atoms with Gasteiger partial charge in [-0.25, -0.2) is 0 Å². The Bertz CT molecular complexity index is 555. The number of nitro benzene ring substituents is 1. The zero-order valence-electron chi connectivity index (χ0n) is 8.36. The van der Waals surface area contributed by atoms with Crippen molar-refractivity contribution in [3.8, 4) is 0 Å². The standard InChI is InChI=1S/C9H6N4O3S/c14-9(8-5-17-12-11-8)10-6-2-1-3-7(4-6)13(15)16/h1-5H,(H,10,14). The average Bonchev–Trinajstić information content (AvgIpc) is 2.82. The normalized spacial score (nSPS) is 9.88. The van der Waals surface area contributed by atoms with E-state index in [4.69, 9.17) is 0 Å². The first-order chi connectivity index (χ1) is 8.16. The van der Waals surface area contributed by atoms with Crippen molar-refractivity contribution in [1.29, 1.82) is 0 Å². The molecular weight excluding hydrogens is 244 g/mol. The highest BCUT2D eigenvalue weighted by molar-refractivity contribution is 7.03. The number of rotatable bonds is 3. The van der Waals surface area contributed by atoms with Crippen LogP contribution in [0.3, 0.4) is 0 Å². The summed E-state index contributed by atoms with van der Waals surface area (Å²) in [4.78, 5) is 21.6. The van der Waals surface area contributed by atoms with E-state index in [1.165, 1.54) is 23.6 Å². The minimum absolute atomic E-state index is 0.0841. The number of nitrogens with one attached hydrogen (secondary N) is 1. The van der Waals surface area contributed by atoms with E-state index >= 15 is 0 Å². The molecule has 0 saturated heterocycles. The van der Waals surface area contributed by atoms with Crippen molar-refractivity contribution < 1.29 is 9.72 Å². The fourth-order valence-electron chi connectivity index (χ4n) is 1.16. The van der Waals surface area contributed by atoms with Crippen LogP contribution >= 0.6 is 11.5 Å². The maximum atomic E-state index is 11.6. The van der Waals surface area contributed by atoms with Gasteiger partial charge in [0.15, 0.2) is 5.69 Å². The molecule has 0 aliphatic heterocycles. The van der Waals surface area contributed by atoms with Gasteiger partial charge in [-0.1, -0.05) is 10.6 Å². The lowest BCUT2D eigenvalue weighted by Crippen LogP contribution is -2.12. The molecule has 7 nitrogen and oxygen atoms in total. The van der Waals surface area contributed by atoms with E-state index in [1.54, 1.807) is 6.07 Å². The summed E-state index contributed by atoms with van der Waals surface area (Å²) in [5.41, 5.74) is 0.443. The molecule has 86 valence electrons. The Labute approximate surface area is 99.4 Å². The fourth-order valence-corrected chi connectivity index (χ4v) is 1.59. The maximum absolute atomic E-state index is 11.6. The van der Waals surface area contributed by atoms with Crippen molar-refractivity contribution in [1.82, 2.24) is 9.59 Å². The molecule has 1 aromatic carbocycles. The number of nitrogens with zero attached hydrogens (tertiary/aromatic N) is 3. The average molecular weight is 250 g/mol. The van der Waals surface area contributed by atoms with Gasteiger partial charge in [-0.2, -0.15) is 0 Å². The fraction of sp³-hybridized carbons (Fsp3) is 0. The van der Waals surface area contributed by atoms with Crippen LogP contribution in [0.2, 0.25) is 0 Å². The molecular formula is C9H6N4O3S. The monoisotopic (exact) mass is 250 g/mol. The molecule has 1 amide bonds. The van der Waals surface area contributed by atoms with E-state index in [0.29, 0.717) is 5.69 Å². The topological polar surface area (TPSA) is 98.0 Å². The van der Waals surface area contributed by atoms with Crippen LogP contribution in [0.5, 0.6) is 0 Å². The summed E-state index contributed by atoms with van der Waals surface area (Å²) < 4.78 is 3.55. The minimum atomic E-state index is -0.528. The predicted octanol–water partition coefficient (Wildman–Crippen LogP) is 1.70. The lowest BCUT2D eigenvalue weighted by atomic mass is 10.3. The third kappa shape index (κ3) is 2.61. The van der Waals surface area contributed by atoms with Gasteiger partial charge in [0.1, 0.15) is 0 Å². The number of hydrogen-bond acceptors (Lipinski definition) is 6. The van der Waals surface area contributed by atoms with Gasteiger partial charge in [0, 0.05) is 23.2 Å². The van der Waals surface area contributed by atoms with Gasteiger partial charge in [0.2, 0.25) is 0 Å². The molecule has 0 atom stereocenters. The number of hydrogen-bond donors (Lipinski definition) is 1. The number of anilines is 1. The third-order valence-corrected chi connectivity index (χ3v) is 2.41. The molecule has 8 heteroatoms. The Balaban J connectivity index is 2.16. The summed E-state index contributed by atoms with van der Waals surface area (Å²) in [6, 6.07) is 5.68. The lowest BCUT2D eigenvalue weighted by Gasteiger charge is -2.01. The molecule has 0 unspecified atom stereocenters. The Kier molecular flexibility index (Phi) is 3.06. The summed E-state index contributed by atoms with van der Waals surface area (Å²) in [7, 11) is 0. The van der Waals surface area contributed by atoms with E-state index in [0.717, 1.165) is 11.5 Å². The quantitative estimate of drug-likeness (QED) is 0.660. The van der Waals surface area contributed by atoms with E-state index < -0.39 is 10.8 Å². The van der Waals surface area contributed by atoms with Crippen LogP contribution in [0.1, 0.15) is 10.5 Å². The van der Waals surface area contributed by atoms with Gasteiger partial charge >= 0.3 is 0 Å². The maximum Gasteiger partial charge on any atom is 0.277 e. The number of nitro groups is 1. The molecule has 0 fully saturated rings. The van der Waals surface area contributed by atoms with Crippen LogP contribution in [0, 0.1) is 10.1 Å². The smallest absolute Gasteiger partial charge is 0.277 e. The molecule has 0 aliphatic carbocycles. The Morgan fingerprint density at radius 3 is 2.94 bits per heavy atom. The lowest BCUT2D eigenvalue weighted by molar-refractivity contribution is -0.384. The van der Waals surface area contributed by atoms with E-state index in [-0.39, 0.29) is 11.4 Å². The molecule has 0 spiro atoms. The Morgan fingerprint density at radius 1 is 1.47 bits per heavy atom. The zero-order chi connectivity index (χ0) is 12.3. The van der Waals surface area contributed by atoms with Crippen molar-refractivity contribution >= 4 is 28.8 Å². The molecule has 0 radical (unpaired) electrons. The van der Waals surface area contributed by atoms with Gasteiger partial charge in [-0.3, -0.25) is 14.9 Å². The largest absolute Gasteiger partial charge is 0.320 e. The molecule has 0 aliphatic rings. The van der Waals surface area contributed by atoms with E-state index in [9.17, 15) is 14.9 Å². The zero-order valence-corrected chi connectivity index (χ0v) is 9.18. The van der Waals surface area contributed by atoms with Gasteiger partial charge in [0.25, 0.3) is 11.6 Å². The number of aromatic nitrogens is 2. The van der Waals surface area contributed by atoms with Crippen LogP contribution in [0.25, 0.3) is 0 Å². The van der Waals surface area contributed by atoms with Crippen molar-refractivity contribution in [2.24, 2.45) is 0 Å². The molecule has 1 heterocycles. The first-order valence-corrected chi connectivity index (χ1v) is 5.33. The second kappa shape index (κ2) is 4.66. The van der Waals surface area contributed by atoms with Crippen LogP contribution in [0.15, 0.2) is 29.6 Å². The highest BCUT2D eigenvalue weighted by Crippen LogP contribution is 2.17. The predicted molar refractivity (Wildman–Crippen MR) is 61.0 cm³/mol. The van der Waals surface area contributed by atoms with Crippen LogP contribution in [-0.2, 0) is 0 Å². The van der Waals surface area contributed by atoms with E-state index in [2.05, 4.69) is 14.9 Å². The van der Waals surface area contributed by atoms with Gasteiger partial charge in [0.05, 0.1) is 4.92 Å². The second-order valence-corrected chi connectivity index (χ2v) is 3.66. The summed E-state index contributed by atoms with van der Waals surface area (Å²) in [5, 5.41) is 18.1. The van der Waals surface area contributed by atoms with Gasteiger partial charge in [-0.05, 0) is 17.6 Å². The number of carbonyl (C=O) groups is 1. The molecule has 1 aromatic heterocycles.